The van der Waals surface area contributed by atoms with Crippen LogP contribution in [0.1, 0.15) is 13.3 Å². The summed E-state index contributed by atoms with van der Waals surface area (Å²) in [6.45, 7) is 6.15. The zero-order chi connectivity index (χ0) is 11.8. The Balaban J connectivity index is 2.17. The van der Waals surface area contributed by atoms with Crippen molar-refractivity contribution < 1.29 is 14.3 Å². The number of nitrogens with one attached hydrogen (secondary N) is 1. The first-order chi connectivity index (χ1) is 7.79. The van der Waals surface area contributed by atoms with Crippen molar-refractivity contribution in [1.82, 2.24) is 10.2 Å². The molecule has 1 aliphatic rings. The summed E-state index contributed by atoms with van der Waals surface area (Å²) in [6, 6.07) is -0.00674. The molecule has 0 aliphatic carbocycles. The van der Waals surface area contributed by atoms with Gasteiger partial charge in [-0.1, -0.05) is 6.92 Å². The zero-order valence-electron chi connectivity index (χ0n) is 10.2. The Morgan fingerprint density at radius 2 is 2.25 bits per heavy atom. The molecule has 1 aliphatic heterocycles. The van der Waals surface area contributed by atoms with Crippen LogP contribution in [0.15, 0.2) is 0 Å². The van der Waals surface area contributed by atoms with Gasteiger partial charge in [-0.2, -0.15) is 0 Å². The molecule has 0 spiro atoms. The van der Waals surface area contributed by atoms with Gasteiger partial charge in [-0.15, -0.1) is 0 Å². The highest BCUT2D eigenvalue weighted by molar-refractivity contribution is 5.82. The maximum Gasteiger partial charge on any atom is 0.239 e. The largest absolute Gasteiger partial charge is 0.382 e. The van der Waals surface area contributed by atoms with Crippen molar-refractivity contribution >= 4 is 5.91 Å². The predicted molar refractivity (Wildman–Crippen MR) is 61.4 cm³/mol. The molecule has 0 saturated carbocycles. The number of piperazine rings is 1. The maximum absolute atomic E-state index is 11.9. The van der Waals surface area contributed by atoms with E-state index >= 15 is 0 Å². The number of nitrogens with zero attached hydrogens (tertiary/aromatic N) is 1. The van der Waals surface area contributed by atoms with Crippen LogP contribution in [-0.4, -0.2) is 63.4 Å². The molecule has 1 saturated heterocycles. The summed E-state index contributed by atoms with van der Waals surface area (Å²) < 4.78 is 10.2. The number of carbonyl (C=O) groups excluding carboxylic acids is 1. The molecule has 1 amide bonds. The molecule has 1 atom stereocenters. The van der Waals surface area contributed by atoms with Gasteiger partial charge in [-0.25, -0.2) is 0 Å². The molecule has 0 bridgehead atoms. The molecule has 0 radical (unpaired) electrons. The van der Waals surface area contributed by atoms with Crippen LogP contribution in [0.2, 0.25) is 0 Å². The molecule has 0 aromatic rings. The lowest BCUT2D eigenvalue weighted by molar-refractivity contribution is -0.136. The van der Waals surface area contributed by atoms with Crippen LogP contribution in [0.4, 0.5) is 0 Å². The highest BCUT2D eigenvalue weighted by Crippen LogP contribution is 2.04. The van der Waals surface area contributed by atoms with Crippen molar-refractivity contribution in [3.05, 3.63) is 0 Å². The molecule has 5 heteroatoms. The molecule has 1 heterocycles. The summed E-state index contributed by atoms with van der Waals surface area (Å²) in [6.07, 6.45) is 0.847. The SMILES string of the molecule is CCC1NCCN(CCOCCOC)C1=O. The number of hydrogen-bond acceptors (Lipinski definition) is 4. The quantitative estimate of drug-likeness (QED) is 0.619. The second-order valence-electron chi connectivity index (χ2n) is 3.85. The molecule has 5 nitrogen and oxygen atoms in total. The van der Waals surface area contributed by atoms with Gasteiger partial charge < -0.3 is 19.7 Å². The van der Waals surface area contributed by atoms with Gasteiger partial charge in [0.05, 0.1) is 25.9 Å². The standard InChI is InChI=1S/C11H22N2O3/c1-3-10-11(14)13(5-4-12-10)6-7-16-9-8-15-2/h10,12H,3-9H2,1-2H3. The van der Waals surface area contributed by atoms with E-state index in [1.807, 2.05) is 11.8 Å². The van der Waals surface area contributed by atoms with E-state index in [-0.39, 0.29) is 11.9 Å². The molecule has 1 fully saturated rings. The van der Waals surface area contributed by atoms with Crippen LogP contribution in [0, 0.1) is 0 Å². The monoisotopic (exact) mass is 230 g/mol. The lowest BCUT2D eigenvalue weighted by atomic mass is 10.1. The van der Waals surface area contributed by atoms with Crippen LogP contribution >= 0.6 is 0 Å². The van der Waals surface area contributed by atoms with E-state index in [0.717, 1.165) is 19.5 Å². The molecular weight excluding hydrogens is 208 g/mol. The van der Waals surface area contributed by atoms with E-state index in [1.54, 1.807) is 7.11 Å². The van der Waals surface area contributed by atoms with Gasteiger partial charge in [0.15, 0.2) is 0 Å². The fraction of sp³-hybridized carbons (Fsp3) is 0.909. The smallest absolute Gasteiger partial charge is 0.239 e. The summed E-state index contributed by atoms with van der Waals surface area (Å²) in [4.78, 5) is 13.7. The zero-order valence-corrected chi connectivity index (χ0v) is 10.2. The third-order valence-corrected chi connectivity index (χ3v) is 2.73. The van der Waals surface area contributed by atoms with Crippen molar-refractivity contribution in [2.24, 2.45) is 0 Å². The van der Waals surface area contributed by atoms with Crippen molar-refractivity contribution in [3.8, 4) is 0 Å². The summed E-state index contributed by atoms with van der Waals surface area (Å²) >= 11 is 0. The second-order valence-corrected chi connectivity index (χ2v) is 3.85. The summed E-state index contributed by atoms with van der Waals surface area (Å²) in [5.74, 6) is 0.198. The van der Waals surface area contributed by atoms with E-state index in [9.17, 15) is 4.79 Å². The lowest BCUT2D eigenvalue weighted by Crippen LogP contribution is -2.55. The fourth-order valence-electron chi connectivity index (χ4n) is 1.75. The van der Waals surface area contributed by atoms with Crippen LogP contribution < -0.4 is 5.32 Å². The number of carbonyl (C=O) groups is 1. The number of ether oxygens (including phenoxy) is 2. The summed E-state index contributed by atoms with van der Waals surface area (Å²) in [7, 11) is 1.65. The minimum Gasteiger partial charge on any atom is -0.382 e. The first-order valence-corrected chi connectivity index (χ1v) is 5.88. The van der Waals surface area contributed by atoms with E-state index in [4.69, 9.17) is 9.47 Å². The van der Waals surface area contributed by atoms with E-state index in [1.165, 1.54) is 0 Å². The second kappa shape index (κ2) is 7.60. The molecule has 1 rings (SSSR count). The van der Waals surface area contributed by atoms with Gasteiger partial charge in [0, 0.05) is 26.7 Å². The van der Waals surface area contributed by atoms with Crippen molar-refractivity contribution in [2.75, 3.05) is 46.6 Å². The highest BCUT2D eigenvalue weighted by atomic mass is 16.5. The van der Waals surface area contributed by atoms with Crippen molar-refractivity contribution in [3.63, 3.8) is 0 Å². The van der Waals surface area contributed by atoms with Crippen molar-refractivity contribution in [1.29, 1.82) is 0 Å². The van der Waals surface area contributed by atoms with Gasteiger partial charge in [-0.3, -0.25) is 4.79 Å². The maximum atomic E-state index is 11.9. The Hall–Kier alpha value is -0.650. The van der Waals surface area contributed by atoms with E-state index in [0.29, 0.717) is 26.4 Å². The van der Waals surface area contributed by atoms with Gasteiger partial charge in [0.25, 0.3) is 0 Å². The first-order valence-electron chi connectivity index (χ1n) is 5.88. The average Bonchev–Trinajstić information content (AvgIpc) is 2.31. The van der Waals surface area contributed by atoms with Crippen LogP contribution in [0.25, 0.3) is 0 Å². The summed E-state index contributed by atoms with van der Waals surface area (Å²) in [5.41, 5.74) is 0. The Labute approximate surface area is 97.1 Å². The fourth-order valence-corrected chi connectivity index (χ4v) is 1.75. The number of methoxy groups -OCH3 is 1. The van der Waals surface area contributed by atoms with Crippen LogP contribution in [-0.2, 0) is 14.3 Å². The molecule has 1 N–H and O–H groups in total. The molecule has 16 heavy (non-hydrogen) atoms. The Kier molecular flexibility index (Phi) is 6.37. The van der Waals surface area contributed by atoms with Gasteiger partial charge in [0.2, 0.25) is 5.91 Å². The number of amides is 1. The lowest BCUT2D eigenvalue weighted by Gasteiger charge is -2.32. The third-order valence-electron chi connectivity index (χ3n) is 2.73. The molecule has 94 valence electrons. The molecular formula is C11H22N2O3. The van der Waals surface area contributed by atoms with E-state index < -0.39 is 0 Å². The Morgan fingerprint density at radius 1 is 1.44 bits per heavy atom. The highest BCUT2D eigenvalue weighted by Gasteiger charge is 2.26. The average molecular weight is 230 g/mol. The van der Waals surface area contributed by atoms with Gasteiger partial charge >= 0.3 is 0 Å². The predicted octanol–water partition coefficient (Wildman–Crippen LogP) is -0.140. The van der Waals surface area contributed by atoms with Gasteiger partial charge in [-0.05, 0) is 6.42 Å². The Morgan fingerprint density at radius 3 is 2.94 bits per heavy atom. The Bertz CT molecular complexity index is 211. The third kappa shape index (κ3) is 4.08. The molecule has 0 aromatic heterocycles. The van der Waals surface area contributed by atoms with Crippen LogP contribution in [0.5, 0.6) is 0 Å². The van der Waals surface area contributed by atoms with Crippen LogP contribution in [0.3, 0.4) is 0 Å². The minimum absolute atomic E-state index is 0.00674. The molecule has 1 unspecified atom stereocenters. The van der Waals surface area contributed by atoms with Gasteiger partial charge in [0.1, 0.15) is 0 Å². The number of hydrogen-bond donors (Lipinski definition) is 1. The normalized spacial score (nSPS) is 21.5. The molecule has 0 aromatic carbocycles. The number of rotatable bonds is 7. The minimum atomic E-state index is -0.00674. The van der Waals surface area contributed by atoms with E-state index in [2.05, 4.69) is 5.32 Å². The summed E-state index contributed by atoms with van der Waals surface area (Å²) in [5, 5.41) is 3.21. The topological polar surface area (TPSA) is 50.8 Å². The van der Waals surface area contributed by atoms with Crippen molar-refractivity contribution in [2.45, 2.75) is 19.4 Å². The first kappa shape index (κ1) is 13.4.